The third-order valence-electron chi connectivity index (χ3n) is 5.71. The molecule has 4 unspecified atom stereocenters. The van der Waals surface area contributed by atoms with Crippen molar-refractivity contribution in [3.8, 4) is 0 Å². The Morgan fingerprint density at radius 2 is 2.10 bits per heavy atom. The molecule has 3 fully saturated rings. The number of morpholine rings is 1. The van der Waals surface area contributed by atoms with Crippen LogP contribution in [0.2, 0.25) is 0 Å². The van der Waals surface area contributed by atoms with E-state index < -0.39 is 0 Å². The Hall–Kier alpha value is -0.160. The van der Waals surface area contributed by atoms with Gasteiger partial charge in [-0.05, 0) is 44.7 Å². The van der Waals surface area contributed by atoms with E-state index in [9.17, 15) is 0 Å². The first-order valence-corrected chi connectivity index (χ1v) is 9.17. The predicted octanol–water partition coefficient (Wildman–Crippen LogP) is 1.61. The quantitative estimate of drug-likeness (QED) is 0.808. The van der Waals surface area contributed by atoms with Crippen LogP contribution in [-0.2, 0) is 4.74 Å². The van der Waals surface area contributed by atoms with Crippen LogP contribution in [0.4, 0.5) is 0 Å². The van der Waals surface area contributed by atoms with Gasteiger partial charge in [0.05, 0.1) is 12.7 Å². The van der Waals surface area contributed by atoms with Crippen LogP contribution in [0.1, 0.15) is 45.4 Å². The van der Waals surface area contributed by atoms with Gasteiger partial charge in [-0.3, -0.25) is 4.90 Å². The van der Waals surface area contributed by atoms with Gasteiger partial charge in [-0.1, -0.05) is 19.8 Å². The Balaban J connectivity index is 1.47. The van der Waals surface area contributed by atoms with Crippen LogP contribution in [-0.4, -0.2) is 62.4 Å². The van der Waals surface area contributed by atoms with Crippen molar-refractivity contribution in [1.29, 1.82) is 0 Å². The molecule has 0 aromatic carbocycles. The molecule has 0 radical (unpaired) electrons. The molecule has 4 nitrogen and oxygen atoms in total. The Morgan fingerprint density at radius 1 is 1.19 bits per heavy atom. The summed E-state index contributed by atoms with van der Waals surface area (Å²) in [7, 11) is 0. The Bertz CT molecular complexity index is 306. The molecule has 4 atom stereocenters. The highest BCUT2D eigenvalue weighted by atomic mass is 16.5. The highest BCUT2D eigenvalue weighted by Gasteiger charge is 2.33. The molecule has 122 valence electrons. The molecule has 2 N–H and O–H groups in total. The van der Waals surface area contributed by atoms with Gasteiger partial charge in [0.1, 0.15) is 0 Å². The number of hydrogen-bond acceptors (Lipinski definition) is 4. The third kappa shape index (κ3) is 4.19. The first-order chi connectivity index (χ1) is 10.4. The van der Waals surface area contributed by atoms with E-state index in [1.807, 2.05) is 0 Å². The van der Waals surface area contributed by atoms with Crippen LogP contribution in [0.25, 0.3) is 0 Å². The molecule has 2 heterocycles. The number of ether oxygens (including phenoxy) is 1. The highest BCUT2D eigenvalue weighted by molar-refractivity contribution is 4.92. The van der Waals surface area contributed by atoms with Crippen LogP contribution < -0.4 is 10.6 Å². The van der Waals surface area contributed by atoms with Crippen LogP contribution >= 0.6 is 0 Å². The molecule has 0 amide bonds. The zero-order chi connectivity index (χ0) is 14.5. The van der Waals surface area contributed by atoms with Gasteiger partial charge in [0.25, 0.3) is 0 Å². The summed E-state index contributed by atoms with van der Waals surface area (Å²) in [6.07, 6.45) is 8.71. The highest BCUT2D eigenvalue weighted by Crippen LogP contribution is 2.30. The van der Waals surface area contributed by atoms with Crippen molar-refractivity contribution in [2.45, 2.75) is 63.6 Å². The Kier molecular flexibility index (Phi) is 5.92. The number of nitrogens with zero attached hydrogens (tertiary/aromatic N) is 1. The van der Waals surface area contributed by atoms with Crippen LogP contribution in [0.5, 0.6) is 0 Å². The topological polar surface area (TPSA) is 36.5 Å². The van der Waals surface area contributed by atoms with E-state index in [2.05, 4.69) is 22.5 Å². The van der Waals surface area contributed by atoms with Gasteiger partial charge in [-0.15, -0.1) is 0 Å². The van der Waals surface area contributed by atoms with Crippen molar-refractivity contribution >= 4 is 0 Å². The summed E-state index contributed by atoms with van der Waals surface area (Å²) in [4.78, 5) is 2.51. The summed E-state index contributed by atoms with van der Waals surface area (Å²) in [5, 5.41) is 7.60. The zero-order valence-electron chi connectivity index (χ0n) is 13.7. The van der Waals surface area contributed by atoms with Crippen LogP contribution in [0.15, 0.2) is 0 Å². The minimum absolute atomic E-state index is 0.387. The maximum absolute atomic E-state index is 5.94. The van der Waals surface area contributed by atoms with E-state index in [4.69, 9.17) is 4.74 Å². The van der Waals surface area contributed by atoms with E-state index in [1.165, 1.54) is 45.1 Å². The fraction of sp³-hybridized carbons (Fsp3) is 1.00. The average Bonchev–Trinajstić information content (AvgIpc) is 3.08. The second kappa shape index (κ2) is 7.91. The molecule has 4 heteroatoms. The van der Waals surface area contributed by atoms with Crippen molar-refractivity contribution in [3.05, 3.63) is 0 Å². The van der Waals surface area contributed by atoms with E-state index in [0.29, 0.717) is 12.1 Å². The molecule has 21 heavy (non-hydrogen) atoms. The Morgan fingerprint density at radius 3 is 2.90 bits per heavy atom. The minimum atomic E-state index is 0.387. The molecule has 1 aliphatic carbocycles. The molecule has 0 aromatic heterocycles. The standard InChI is InChI=1S/C17H33N3O/c1-2-20-10-11-21-14(13-20)12-19-17-7-4-3-6-15(17)16-8-5-9-18-16/h14-19H,2-13H2,1H3. The lowest BCUT2D eigenvalue weighted by molar-refractivity contribution is -0.0280. The van der Waals surface area contributed by atoms with Gasteiger partial charge in [-0.25, -0.2) is 0 Å². The predicted molar refractivity (Wildman–Crippen MR) is 86.6 cm³/mol. The molecule has 1 saturated carbocycles. The molecular weight excluding hydrogens is 262 g/mol. The van der Waals surface area contributed by atoms with E-state index in [0.717, 1.165) is 44.7 Å². The van der Waals surface area contributed by atoms with Crippen molar-refractivity contribution in [2.75, 3.05) is 39.3 Å². The average molecular weight is 295 g/mol. The maximum atomic E-state index is 5.94. The van der Waals surface area contributed by atoms with Crippen molar-refractivity contribution in [2.24, 2.45) is 5.92 Å². The minimum Gasteiger partial charge on any atom is -0.374 e. The van der Waals surface area contributed by atoms with E-state index in [1.54, 1.807) is 0 Å². The van der Waals surface area contributed by atoms with Crippen molar-refractivity contribution in [1.82, 2.24) is 15.5 Å². The summed E-state index contributed by atoms with van der Waals surface area (Å²) < 4.78 is 5.94. The first kappa shape index (κ1) is 15.7. The monoisotopic (exact) mass is 295 g/mol. The van der Waals surface area contributed by atoms with Gasteiger partial charge in [0.15, 0.2) is 0 Å². The van der Waals surface area contributed by atoms with Gasteiger partial charge in [0.2, 0.25) is 0 Å². The summed E-state index contributed by atoms with van der Waals surface area (Å²) in [5.41, 5.74) is 0. The van der Waals surface area contributed by atoms with Crippen LogP contribution in [0.3, 0.4) is 0 Å². The second-order valence-electron chi connectivity index (χ2n) is 7.05. The molecular formula is C17H33N3O. The van der Waals surface area contributed by atoms with Gasteiger partial charge in [0, 0.05) is 31.7 Å². The molecule has 3 rings (SSSR count). The smallest absolute Gasteiger partial charge is 0.0826 e. The van der Waals surface area contributed by atoms with Gasteiger partial charge >= 0.3 is 0 Å². The lowest BCUT2D eigenvalue weighted by Crippen LogP contribution is -2.52. The molecule has 0 bridgehead atoms. The molecule has 0 aromatic rings. The zero-order valence-corrected chi connectivity index (χ0v) is 13.7. The fourth-order valence-corrected chi connectivity index (χ4v) is 4.45. The normalized spacial score (nSPS) is 38.7. The number of rotatable bonds is 5. The maximum Gasteiger partial charge on any atom is 0.0826 e. The number of hydrogen-bond donors (Lipinski definition) is 2. The summed E-state index contributed by atoms with van der Waals surface area (Å²) >= 11 is 0. The summed E-state index contributed by atoms with van der Waals surface area (Å²) in [6.45, 7) is 8.76. The molecule has 2 saturated heterocycles. The Labute approximate surface area is 130 Å². The molecule has 2 aliphatic heterocycles. The largest absolute Gasteiger partial charge is 0.374 e. The SMILES string of the molecule is CCN1CCOC(CNC2CCCCC2C2CCCN2)C1. The second-order valence-corrected chi connectivity index (χ2v) is 7.05. The number of nitrogens with one attached hydrogen (secondary N) is 2. The lowest BCUT2D eigenvalue weighted by atomic mass is 9.79. The molecule has 3 aliphatic rings. The number of likely N-dealkylation sites (N-methyl/N-ethyl adjacent to an activating group) is 1. The van der Waals surface area contributed by atoms with E-state index in [-0.39, 0.29) is 0 Å². The summed E-state index contributed by atoms with van der Waals surface area (Å²) in [6, 6.07) is 1.47. The van der Waals surface area contributed by atoms with Crippen LogP contribution in [0, 0.1) is 5.92 Å². The van der Waals surface area contributed by atoms with Gasteiger partial charge < -0.3 is 15.4 Å². The van der Waals surface area contributed by atoms with Crippen molar-refractivity contribution < 1.29 is 4.74 Å². The van der Waals surface area contributed by atoms with Gasteiger partial charge in [-0.2, -0.15) is 0 Å². The first-order valence-electron chi connectivity index (χ1n) is 9.17. The van der Waals surface area contributed by atoms with E-state index >= 15 is 0 Å². The molecule has 0 spiro atoms. The van der Waals surface area contributed by atoms with Crippen molar-refractivity contribution in [3.63, 3.8) is 0 Å². The fourth-order valence-electron chi connectivity index (χ4n) is 4.45. The third-order valence-corrected chi connectivity index (χ3v) is 5.71. The summed E-state index contributed by atoms with van der Waals surface area (Å²) in [5.74, 6) is 0.840. The lowest BCUT2D eigenvalue weighted by Gasteiger charge is -2.38.